The van der Waals surface area contributed by atoms with Crippen LogP contribution in [0.5, 0.6) is 0 Å². The van der Waals surface area contributed by atoms with Gasteiger partial charge in [-0.1, -0.05) is 6.92 Å². The van der Waals surface area contributed by atoms with Crippen molar-refractivity contribution < 1.29 is 31.1 Å². The summed E-state index contributed by atoms with van der Waals surface area (Å²) in [4.78, 5) is 2.32. The first-order valence-corrected chi connectivity index (χ1v) is 12.7. The normalized spacial score (nSPS) is 27.5. The lowest BCUT2D eigenvalue weighted by molar-refractivity contribution is -0.143. The lowest BCUT2D eigenvalue weighted by Crippen LogP contribution is -2.57. The number of hydrogen-bond acceptors (Lipinski definition) is 6. The summed E-state index contributed by atoms with van der Waals surface area (Å²) in [5.41, 5.74) is -3.28. The molecule has 2 aliphatic rings. The van der Waals surface area contributed by atoms with Crippen molar-refractivity contribution in [2.45, 2.75) is 81.5 Å². The van der Waals surface area contributed by atoms with E-state index in [0.29, 0.717) is 18.7 Å². The van der Waals surface area contributed by atoms with Gasteiger partial charge in [0.25, 0.3) is 0 Å². The van der Waals surface area contributed by atoms with Gasteiger partial charge in [0.05, 0.1) is 29.7 Å². The van der Waals surface area contributed by atoms with Crippen molar-refractivity contribution >= 4 is 11.8 Å². The summed E-state index contributed by atoms with van der Waals surface area (Å²) in [6.45, 7) is 4.46. The Balaban J connectivity index is 1.57. The molecule has 0 spiro atoms. The molecule has 4 rings (SSSR count). The first kappa shape index (κ1) is 26.2. The molecule has 1 aromatic carbocycles. The number of halogens is 6. The topological polar surface area (TPSA) is 56.1 Å². The molecule has 2 bridgehead atoms. The van der Waals surface area contributed by atoms with Gasteiger partial charge >= 0.3 is 12.4 Å². The van der Waals surface area contributed by atoms with E-state index in [1.807, 2.05) is 20.1 Å². The van der Waals surface area contributed by atoms with Crippen LogP contribution >= 0.6 is 11.8 Å². The second-order valence-corrected chi connectivity index (χ2v) is 10.1. The minimum absolute atomic E-state index is 0.0566. The summed E-state index contributed by atoms with van der Waals surface area (Å²) in [6, 6.07) is 1.78. The lowest BCUT2D eigenvalue weighted by atomic mass is 9.86. The molecule has 0 radical (unpaired) electrons. The molecule has 35 heavy (non-hydrogen) atoms. The first-order chi connectivity index (χ1) is 16.4. The molecule has 0 aliphatic carbocycles. The molecule has 1 aromatic heterocycles. The monoisotopic (exact) mass is 523 g/mol. The van der Waals surface area contributed by atoms with Crippen LogP contribution in [0.15, 0.2) is 18.2 Å². The Morgan fingerprint density at radius 1 is 1.09 bits per heavy atom. The number of nitrogens with zero attached hydrogens (tertiary/aromatic N) is 5. The van der Waals surface area contributed by atoms with Crippen molar-refractivity contribution in [3.8, 4) is 0 Å². The average molecular weight is 524 g/mol. The molecular weight excluding hydrogens is 496 g/mol. The Bertz CT molecular complexity index is 1010. The molecule has 6 nitrogen and oxygen atoms in total. The van der Waals surface area contributed by atoms with E-state index in [2.05, 4.69) is 20.4 Å². The summed E-state index contributed by atoms with van der Waals surface area (Å²) in [5, 5.41) is 12.2. The maximum absolute atomic E-state index is 13.2. The van der Waals surface area contributed by atoms with E-state index in [9.17, 15) is 26.3 Å². The van der Waals surface area contributed by atoms with E-state index in [4.69, 9.17) is 4.74 Å². The molecule has 194 valence electrons. The number of alkyl halides is 6. The van der Waals surface area contributed by atoms with Crippen LogP contribution in [0, 0.1) is 0 Å². The zero-order valence-electron chi connectivity index (χ0n) is 19.5. The van der Waals surface area contributed by atoms with Crippen LogP contribution in [-0.4, -0.2) is 55.6 Å². The number of ether oxygens (including phenoxy) is 1. The summed E-state index contributed by atoms with van der Waals surface area (Å²) in [6.07, 6.45) is -6.10. The van der Waals surface area contributed by atoms with Crippen LogP contribution < -0.4 is 0 Å². The molecule has 13 heteroatoms. The largest absolute Gasteiger partial charge is 0.416 e. The van der Waals surface area contributed by atoms with Gasteiger partial charge in [0, 0.05) is 17.5 Å². The second kappa shape index (κ2) is 9.55. The predicted octanol–water partition coefficient (Wildman–Crippen LogP) is 5.35. The van der Waals surface area contributed by atoms with Crippen molar-refractivity contribution in [2.24, 2.45) is 0 Å². The zero-order chi connectivity index (χ0) is 25.6. The molecule has 0 N–H and O–H groups in total. The summed E-state index contributed by atoms with van der Waals surface area (Å²) in [7, 11) is 0. The molecule has 4 unspecified atom stereocenters. The highest BCUT2D eigenvalue weighted by molar-refractivity contribution is 7.97. The highest BCUT2D eigenvalue weighted by Gasteiger charge is 2.57. The molecule has 2 saturated heterocycles. The average Bonchev–Trinajstić information content (AvgIpc) is 3.30. The van der Waals surface area contributed by atoms with Gasteiger partial charge in [-0.25, -0.2) is 4.68 Å². The molecule has 4 atom stereocenters. The summed E-state index contributed by atoms with van der Waals surface area (Å²) >= 11 is 1.60. The van der Waals surface area contributed by atoms with Crippen molar-refractivity contribution in [3.63, 3.8) is 0 Å². The number of aromatic nitrogens is 4. The van der Waals surface area contributed by atoms with E-state index >= 15 is 0 Å². The van der Waals surface area contributed by atoms with Crippen molar-refractivity contribution in [1.29, 1.82) is 0 Å². The number of tetrazole rings is 1. The van der Waals surface area contributed by atoms with Gasteiger partial charge in [0.2, 0.25) is 0 Å². The molecule has 0 amide bonds. The van der Waals surface area contributed by atoms with Gasteiger partial charge in [0.1, 0.15) is 0 Å². The molecule has 2 fully saturated rings. The van der Waals surface area contributed by atoms with E-state index < -0.39 is 29.0 Å². The Morgan fingerprint density at radius 2 is 1.74 bits per heavy atom. The zero-order valence-corrected chi connectivity index (χ0v) is 20.3. The van der Waals surface area contributed by atoms with Crippen LogP contribution in [0.25, 0.3) is 0 Å². The van der Waals surface area contributed by atoms with Crippen molar-refractivity contribution in [1.82, 2.24) is 25.1 Å². The highest BCUT2D eigenvalue weighted by atomic mass is 32.2. The van der Waals surface area contributed by atoms with E-state index in [0.717, 1.165) is 30.9 Å². The van der Waals surface area contributed by atoms with Crippen LogP contribution in [-0.2, 0) is 29.6 Å². The molecule has 0 saturated carbocycles. The fraction of sp³-hybridized carbons (Fsp3) is 0.682. The Kier molecular flexibility index (Phi) is 7.15. The number of fused-ring (bicyclic) bond motifs is 2. The summed E-state index contributed by atoms with van der Waals surface area (Å²) in [5.74, 6) is 1.46. The number of likely N-dealkylation sites (N-methyl/N-ethyl adjacent to an activating group) is 1. The lowest BCUT2D eigenvalue weighted by Gasteiger charge is -2.47. The quantitative estimate of drug-likeness (QED) is 0.457. The van der Waals surface area contributed by atoms with Gasteiger partial charge < -0.3 is 4.74 Å². The van der Waals surface area contributed by atoms with Gasteiger partial charge in [-0.05, 0) is 73.2 Å². The summed E-state index contributed by atoms with van der Waals surface area (Å²) < 4.78 is 87.3. The van der Waals surface area contributed by atoms with Crippen molar-refractivity contribution in [2.75, 3.05) is 12.8 Å². The Morgan fingerprint density at radius 3 is 2.31 bits per heavy atom. The number of hydrogen-bond donors (Lipinski definition) is 0. The maximum Gasteiger partial charge on any atom is 0.416 e. The number of thioether (sulfide) groups is 1. The van der Waals surface area contributed by atoms with E-state index in [-0.39, 0.29) is 36.3 Å². The standard InChI is InChI=1S/C22H27F6N5OS/c1-4-32-17-5-6-18(20(32,2)10-16(17)19-29-30-31-33(19)12-35-3)34-11-13-7-14(21(23,24)25)9-15(8-13)22(26,27)28/h7-9,16-18H,4-6,10-12H2,1-3H3. The Hall–Kier alpha value is -1.86. The molecule has 2 aliphatic heterocycles. The number of benzene rings is 1. The third kappa shape index (κ3) is 5.04. The fourth-order valence-corrected chi connectivity index (χ4v) is 6.14. The molecule has 3 heterocycles. The smallest absolute Gasteiger partial charge is 0.372 e. The highest BCUT2D eigenvalue weighted by Crippen LogP contribution is 2.51. The maximum atomic E-state index is 13.2. The van der Waals surface area contributed by atoms with Gasteiger partial charge in [0.15, 0.2) is 5.82 Å². The fourth-order valence-electron chi connectivity index (χ4n) is 5.71. The van der Waals surface area contributed by atoms with Crippen LogP contribution in [0.4, 0.5) is 26.3 Å². The van der Waals surface area contributed by atoms with Crippen LogP contribution in [0.2, 0.25) is 0 Å². The SMILES string of the molecule is CCN1C2CCC(OCc3cc(C(F)(F)F)cc(C(F)(F)F)c3)C1(C)CC2c1nnnn1CSC. The van der Waals surface area contributed by atoms with E-state index in [1.165, 1.54) is 0 Å². The minimum atomic E-state index is -4.89. The van der Waals surface area contributed by atoms with Crippen LogP contribution in [0.1, 0.15) is 61.5 Å². The Labute approximate surface area is 203 Å². The molecule has 2 aromatic rings. The van der Waals surface area contributed by atoms with Gasteiger partial charge in [-0.3, -0.25) is 4.90 Å². The van der Waals surface area contributed by atoms with Gasteiger partial charge in [-0.2, -0.15) is 26.3 Å². The molecular formula is C22H27F6N5OS. The van der Waals surface area contributed by atoms with Crippen molar-refractivity contribution in [3.05, 3.63) is 40.7 Å². The third-order valence-corrected chi connectivity index (χ3v) is 7.66. The third-order valence-electron chi connectivity index (χ3n) is 7.15. The van der Waals surface area contributed by atoms with Crippen LogP contribution in [0.3, 0.4) is 0 Å². The van der Waals surface area contributed by atoms with Gasteiger partial charge in [-0.15, -0.1) is 16.9 Å². The number of piperidine rings is 1. The predicted molar refractivity (Wildman–Crippen MR) is 118 cm³/mol. The number of rotatable bonds is 7. The first-order valence-electron chi connectivity index (χ1n) is 11.3. The second-order valence-electron chi connectivity index (χ2n) is 9.27. The van der Waals surface area contributed by atoms with E-state index in [1.54, 1.807) is 16.4 Å². The minimum Gasteiger partial charge on any atom is -0.372 e.